The standard InChI is InChI=1S/C16H13F3N4O.C15H12F3N3O2/c1-9-14(20-10(2)24)15-21-13(7-8-23(15)22-9)11-5-3-4-6-12(11)16(17,18)19;1-8-12(14(22)23)13-19-11(6-7-21(13)20-8)9-4-2-3-5-10(9)15(16,17)18/h3-8H,1-2H3,(H,20,24);2-7,14,22-23H,1H3. The van der Waals surface area contributed by atoms with E-state index >= 15 is 0 Å². The molecule has 0 spiro atoms. The minimum Gasteiger partial charge on any atom is -0.364 e. The second-order valence-corrected chi connectivity index (χ2v) is 10.3. The summed E-state index contributed by atoms with van der Waals surface area (Å²) >= 11 is 0. The normalized spacial score (nSPS) is 12.0. The number of hydrogen-bond donors (Lipinski definition) is 3. The molecular weight excluding hydrogens is 632 g/mol. The van der Waals surface area contributed by atoms with Gasteiger partial charge in [-0.2, -0.15) is 36.5 Å². The number of halogens is 6. The second-order valence-electron chi connectivity index (χ2n) is 10.3. The fraction of sp³-hybridized carbons (Fsp3) is 0.194. The molecule has 0 aliphatic rings. The lowest BCUT2D eigenvalue weighted by molar-refractivity contribution is -0.137. The van der Waals surface area contributed by atoms with Gasteiger partial charge in [0.25, 0.3) is 0 Å². The molecule has 16 heteroatoms. The van der Waals surface area contributed by atoms with Gasteiger partial charge in [0.2, 0.25) is 5.91 Å². The van der Waals surface area contributed by atoms with Crippen LogP contribution < -0.4 is 5.32 Å². The third kappa shape index (κ3) is 6.78. The number of aromatic nitrogens is 6. The molecule has 2 aromatic carbocycles. The average molecular weight is 658 g/mol. The van der Waals surface area contributed by atoms with Crippen LogP contribution in [-0.4, -0.2) is 45.3 Å². The number of alkyl halides is 6. The number of aliphatic hydroxyl groups excluding tert-OH is 1. The summed E-state index contributed by atoms with van der Waals surface area (Å²) < 4.78 is 81.7. The van der Waals surface area contributed by atoms with Gasteiger partial charge in [0.05, 0.1) is 39.5 Å². The van der Waals surface area contributed by atoms with Gasteiger partial charge in [0.15, 0.2) is 17.6 Å². The molecule has 0 saturated heterocycles. The molecule has 244 valence electrons. The van der Waals surface area contributed by atoms with Gasteiger partial charge in [-0.25, -0.2) is 19.0 Å². The van der Waals surface area contributed by atoms with E-state index in [1.165, 1.54) is 76.9 Å². The number of carbonyl (C=O) groups excluding carboxylic acids is 1. The number of hydrogen-bond acceptors (Lipinski definition) is 7. The van der Waals surface area contributed by atoms with Crippen molar-refractivity contribution < 1.29 is 41.4 Å². The third-order valence-corrected chi connectivity index (χ3v) is 6.94. The van der Waals surface area contributed by atoms with Gasteiger partial charge >= 0.3 is 12.4 Å². The van der Waals surface area contributed by atoms with Crippen LogP contribution in [0.1, 0.15) is 41.3 Å². The molecule has 4 aromatic heterocycles. The van der Waals surface area contributed by atoms with Crippen LogP contribution in [0, 0.1) is 13.8 Å². The van der Waals surface area contributed by atoms with Crippen LogP contribution in [-0.2, 0) is 17.1 Å². The van der Waals surface area contributed by atoms with Crippen molar-refractivity contribution in [3.8, 4) is 22.5 Å². The van der Waals surface area contributed by atoms with Gasteiger partial charge in [-0.1, -0.05) is 36.4 Å². The predicted molar refractivity (Wildman–Crippen MR) is 158 cm³/mol. The minimum absolute atomic E-state index is 0.0277. The Morgan fingerprint density at radius 3 is 1.64 bits per heavy atom. The zero-order valence-corrected chi connectivity index (χ0v) is 24.8. The molecule has 1 amide bonds. The Bertz CT molecular complexity index is 2100. The van der Waals surface area contributed by atoms with Crippen LogP contribution in [0.25, 0.3) is 33.8 Å². The summed E-state index contributed by atoms with van der Waals surface area (Å²) in [7, 11) is 0. The number of rotatable bonds is 4. The number of aliphatic hydroxyl groups is 2. The average Bonchev–Trinajstić information content (AvgIpc) is 3.50. The van der Waals surface area contributed by atoms with E-state index in [0.29, 0.717) is 17.1 Å². The van der Waals surface area contributed by atoms with Crippen molar-refractivity contribution in [1.29, 1.82) is 0 Å². The summed E-state index contributed by atoms with van der Waals surface area (Å²) in [5, 5.41) is 29.7. The molecule has 3 N–H and O–H groups in total. The summed E-state index contributed by atoms with van der Waals surface area (Å²) in [6.45, 7) is 4.59. The van der Waals surface area contributed by atoms with Crippen molar-refractivity contribution in [1.82, 2.24) is 29.2 Å². The van der Waals surface area contributed by atoms with E-state index in [-0.39, 0.29) is 45.3 Å². The number of benzene rings is 2. The van der Waals surface area contributed by atoms with E-state index < -0.39 is 29.8 Å². The van der Waals surface area contributed by atoms with Gasteiger partial charge in [0, 0.05) is 30.4 Å². The number of amides is 1. The molecule has 4 heterocycles. The monoisotopic (exact) mass is 657 g/mol. The Labute approximate surface area is 262 Å². The molecule has 0 aliphatic carbocycles. The number of fused-ring (bicyclic) bond motifs is 2. The Balaban J connectivity index is 0.000000185. The molecule has 10 nitrogen and oxygen atoms in total. The van der Waals surface area contributed by atoms with Crippen molar-refractivity contribution in [2.24, 2.45) is 0 Å². The highest BCUT2D eigenvalue weighted by Gasteiger charge is 2.35. The third-order valence-electron chi connectivity index (χ3n) is 6.94. The van der Waals surface area contributed by atoms with Gasteiger partial charge in [-0.3, -0.25) is 4.79 Å². The highest BCUT2D eigenvalue weighted by Crippen LogP contribution is 2.38. The van der Waals surface area contributed by atoms with Crippen LogP contribution in [0.15, 0.2) is 73.1 Å². The van der Waals surface area contributed by atoms with Crippen molar-refractivity contribution in [3.63, 3.8) is 0 Å². The number of anilines is 1. The summed E-state index contributed by atoms with van der Waals surface area (Å²) in [6, 6.07) is 13.2. The molecule has 6 aromatic rings. The number of nitrogens with zero attached hydrogens (tertiary/aromatic N) is 6. The van der Waals surface area contributed by atoms with Gasteiger partial charge in [-0.15, -0.1) is 0 Å². The lowest BCUT2D eigenvalue weighted by Gasteiger charge is -2.12. The molecule has 0 saturated carbocycles. The lowest BCUT2D eigenvalue weighted by atomic mass is 10.0. The number of nitrogens with one attached hydrogen (secondary N) is 1. The molecular formula is C31H25F6N7O3. The maximum absolute atomic E-state index is 13.2. The lowest BCUT2D eigenvalue weighted by Crippen LogP contribution is -2.08. The molecule has 0 bridgehead atoms. The number of aryl methyl sites for hydroxylation is 2. The topological polar surface area (TPSA) is 130 Å². The molecule has 0 radical (unpaired) electrons. The summed E-state index contributed by atoms with van der Waals surface area (Å²) in [5.74, 6) is -0.309. The summed E-state index contributed by atoms with van der Waals surface area (Å²) in [6.07, 6.45) is -7.86. The van der Waals surface area contributed by atoms with Crippen molar-refractivity contribution in [2.45, 2.75) is 39.4 Å². The van der Waals surface area contributed by atoms with Crippen molar-refractivity contribution in [3.05, 3.63) is 101 Å². The van der Waals surface area contributed by atoms with Crippen molar-refractivity contribution in [2.75, 3.05) is 5.32 Å². The van der Waals surface area contributed by atoms with E-state index in [2.05, 4.69) is 25.5 Å². The molecule has 6 rings (SSSR count). The maximum atomic E-state index is 13.2. The first-order valence-corrected chi connectivity index (χ1v) is 13.7. The van der Waals surface area contributed by atoms with E-state index in [9.17, 15) is 41.4 Å². The van der Waals surface area contributed by atoms with Gasteiger partial charge in [0.1, 0.15) is 5.69 Å². The Morgan fingerprint density at radius 1 is 0.723 bits per heavy atom. The molecule has 0 fully saturated rings. The Kier molecular flexibility index (Phi) is 8.75. The SMILES string of the molecule is CC(=O)Nc1c(C)nn2ccc(-c3ccccc3C(F)(F)F)nc12.Cc1nn2ccc(-c3ccccc3C(F)(F)F)nc2c1C(O)O. The zero-order chi connectivity index (χ0) is 34.3. The quantitative estimate of drug-likeness (QED) is 0.148. The largest absolute Gasteiger partial charge is 0.417 e. The number of carbonyl (C=O) groups is 1. The Hall–Kier alpha value is -5.35. The van der Waals surface area contributed by atoms with Crippen LogP contribution in [0.4, 0.5) is 32.0 Å². The summed E-state index contributed by atoms with van der Waals surface area (Å²) in [4.78, 5) is 19.7. The van der Waals surface area contributed by atoms with E-state index in [1.807, 2.05) is 0 Å². The van der Waals surface area contributed by atoms with Gasteiger partial charge in [-0.05, 0) is 38.1 Å². The highest BCUT2D eigenvalue weighted by atomic mass is 19.4. The summed E-state index contributed by atoms with van der Waals surface area (Å²) in [5.41, 5.74) is 0.259. The van der Waals surface area contributed by atoms with E-state index in [0.717, 1.165) is 12.1 Å². The van der Waals surface area contributed by atoms with Crippen LogP contribution in [0.5, 0.6) is 0 Å². The van der Waals surface area contributed by atoms with E-state index in [4.69, 9.17) is 0 Å². The Morgan fingerprint density at radius 2 is 1.17 bits per heavy atom. The first kappa shape index (κ1) is 33.0. The first-order valence-electron chi connectivity index (χ1n) is 13.7. The fourth-order valence-electron chi connectivity index (χ4n) is 4.93. The molecule has 0 aliphatic heterocycles. The fourth-order valence-corrected chi connectivity index (χ4v) is 4.93. The van der Waals surface area contributed by atoms with Gasteiger partial charge < -0.3 is 15.5 Å². The van der Waals surface area contributed by atoms with Crippen LogP contribution >= 0.6 is 0 Å². The molecule has 0 unspecified atom stereocenters. The molecule has 0 atom stereocenters. The zero-order valence-electron chi connectivity index (χ0n) is 24.8. The smallest absolute Gasteiger partial charge is 0.364 e. The molecule has 47 heavy (non-hydrogen) atoms. The van der Waals surface area contributed by atoms with Crippen molar-refractivity contribution >= 4 is 22.9 Å². The predicted octanol–water partition coefficient (Wildman–Crippen LogP) is 6.39. The first-order chi connectivity index (χ1) is 22.1. The van der Waals surface area contributed by atoms with Crippen LogP contribution in [0.3, 0.4) is 0 Å². The minimum atomic E-state index is -4.51. The highest BCUT2D eigenvalue weighted by molar-refractivity contribution is 5.94. The van der Waals surface area contributed by atoms with Crippen LogP contribution in [0.2, 0.25) is 0 Å². The maximum Gasteiger partial charge on any atom is 0.417 e. The van der Waals surface area contributed by atoms with E-state index in [1.54, 1.807) is 13.8 Å². The second kappa shape index (κ2) is 12.4.